The first-order valence-electron chi connectivity index (χ1n) is 6.16. The number of likely N-dealkylation sites (tertiary alicyclic amines) is 1. The first kappa shape index (κ1) is 12.2. The van der Waals surface area contributed by atoms with E-state index in [1.165, 1.54) is 31.8 Å². The highest BCUT2D eigenvalue weighted by Gasteiger charge is 2.17. The van der Waals surface area contributed by atoms with E-state index in [0.717, 1.165) is 13.1 Å². The Balaban J connectivity index is 2.75. The van der Waals surface area contributed by atoms with Crippen LogP contribution >= 0.6 is 0 Å². The monoisotopic (exact) mass is 208 g/mol. The van der Waals surface area contributed by atoms with Gasteiger partial charge in [0.2, 0.25) is 0 Å². The second kappa shape index (κ2) is 6.54. The van der Waals surface area contributed by atoms with Crippen LogP contribution in [0.2, 0.25) is 0 Å². The Labute approximate surface area is 94.3 Å². The van der Waals surface area contributed by atoms with Crippen LogP contribution in [-0.2, 0) is 0 Å². The summed E-state index contributed by atoms with van der Waals surface area (Å²) in [6.07, 6.45) is 9.17. The molecule has 0 saturated carbocycles. The fourth-order valence-corrected chi connectivity index (χ4v) is 2.09. The number of nitrogens with zero attached hydrogens (tertiary/aromatic N) is 2. The third kappa shape index (κ3) is 3.29. The first-order chi connectivity index (χ1) is 7.33. The molecule has 0 aromatic heterocycles. The van der Waals surface area contributed by atoms with Crippen molar-refractivity contribution in [2.45, 2.75) is 33.6 Å². The van der Waals surface area contributed by atoms with E-state index in [4.69, 9.17) is 0 Å². The largest absolute Gasteiger partial charge is 0.359 e. The number of hydrogen-bond acceptors (Lipinski definition) is 2. The van der Waals surface area contributed by atoms with Crippen molar-refractivity contribution < 1.29 is 0 Å². The minimum atomic E-state index is 1.09. The molecule has 1 rings (SSSR count). The normalized spacial score (nSPS) is 17.8. The van der Waals surface area contributed by atoms with E-state index in [1.807, 2.05) is 0 Å². The summed E-state index contributed by atoms with van der Waals surface area (Å²) < 4.78 is 0. The minimum Gasteiger partial charge on any atom is -0.359 e. The fraction of sp³-hybridized carbons (Fsp3) is 0.692. The summed E-state index contributed by atoms with van der Waals surface area (Å²) in [5.74, 6) is 1.40. The van der Waals surface area contributed by atoms with Crippen LogP contribution in [0, 0.1) is 0 Å². The van der Waals surface area contributed by atoms with Gasteiger partial charge >= 0.3 is 0 Å². The van der Waals surface area contributed by atoms with Gasteiger partial charge in [-0.05, 0) is 39.7 Å². The summed E-state index contributed by atoms with van der Waals surface area (Å²) in [5.41, 5.74) is 0. The second-order valence-electron chi connectivity index (χ2n) is 3.92. The summed E-state index contributed by atoms with van der Waals surface area (Å²) >= 11 is 0. The van der Waals surface area contributed by atoms with Gasteiger partial charge in [0.15, 0.2) is 0 Å². The summed E-state index contributed by atoms with van der Waals surface area (Å²) in [6, 6.07) is 0. The van der Waals surface area contributed by atoms with Crippen LogP contribution in [0.3, 0.4) is 0 Å². The molecule has 0 aromatic rings. The minimum absolute atomic E-state index is 1.09. The molecule has 2 nitrogen and oxygen atoms in total. The third-order valence-corrected chi connectivity index (χ3v) is 2.96. The summed E-state index contributed by atoms with van der Waals surface area (Å²) in [7, 11) is 0. The average molecular weight is 208 g/mol. The molecule has 1 saturated heterocycles. The lowest BCUT2D eigenvalue weighted by molar-refractivity contribution is 0.251. The van der Waals surface area contributed by atoms with Gasteiger partial charge in [0.05, 0.1) is 0 Å². The molecular weight excluding hydrogens is 184 g/mol. The van der Waals surface area contributed by atoms with Gasteiger partial charge in [0, 0.05) is 26.2 Å². The van der Waals surface area contributed by atoms with E-state index in [2.05, 4.69) is 48.8 Å². The molecule has 1 heterocycles. The molecule has 86 valence electrons. The maximum atomic E-state index is 2.51. The van der Waals surface area contributed by atoms with Crippen molar-refractivity contribution in [3.05, 3.63) is 24.0 Å². The van der Waals surface area contributed by atoms with Gasteiger partial charge in [-0.15, -0.1) is 0 Å². The molecule has 0 amide bonds. The molecular formula is C13H24N2. The van der Waals surface area contributed by atoms with Crippen LogP contribution in [0.4, 0.5) is 0 Å². The van der Waals surface area contributed by atoms with Crippen molar-refractivity contribution in [3.63, 3.8) is 0 Å². The van der Waals surface area contributed by atoms with Crippen LogP contribution in [0.25, 0.3) is 0 Å². The van der Waals surface area contributed by atoms with Crippen molar-refractivity contribution in [1.82, 2.24) is 9.80 Å². The van der Waals surface area contributed by atoms with Crippen molar-refractivity contribution in [1.29, 1.82) is 0 Å². The Morgan fingerprint density at radius 1 is 1.20 bits per heavy atom. The number of allylic oxidation sites excluding steroid dienone is 3. The van der Waals surface area contributed by atoms with Gasteiger partial charge in [-0.2, -0.15) is 0 Å². The maximum absolute atomic E-state index is 2.51. The summed E-state index contributed by atoms with van der Waals surface area (Å²) in [6.45, 7) is 11.2. The van der Waals surface area contributed by atoms with Crippen LogP contribution in [0.5, 0.6) is 0 Å². The predicted octanol–water partition coefficient (Wildman–Crippen LogP) is 2.84. The van der Waals surface area contributed by atoms with Crippen molar-refractivity contribution >= 4 is 0 Å². The number of hydrogen-bond donors (Lipinski definition) is 0. The van der Waals surface area contributed by atoms with Crippen molar-refractivity contribution in [2.24, 2.45) is 0 Å². The van der Waals surface area contributed by atoms with Gasteiger partial charge < -0.3 is 9.80 Å². The maximum Gasteiger partial charge on any atom is 0.104 e. The van der Waals surface area contributed by atoms with Crippen LogP contribution in [0.1, 0.15) is 33.6 Å². The number of rotatable bonds is 5. The highest BCUT2D eigenvalue weighted by molar-refractivity contribution is 5.11. The lowest BCUT2D eigenvalue weighted by Gasteiger charge is -2.31. The summed E-state index contributed by atoms with van der Waals surface area (Å²) in [5, 5.41) is 0. The molecule has 0 radical (unpaired) electrons. The molecule has 0 atom stereocenters. The molecule has 0 bridgehead atoms. The van der Waals surface area contributed by atoms with E-state index < -0.39 is 0 Å². The van der Waals surface area contributed by atoms with Crippen molar-refractivity contribution in [2.75, 3.05) is 26.2 Å². The SMILES string of the molecule is C/C=C\C=C(/N(CC)CC)N1CCCC1. The van der Waals surface area contributed by atoms with Crippen LogP contribution in [0.15, 0.2) is 24.0 Å². The lowest BCUT2D eigenvalue weighted by Crippen LogP contribution is -2.33. The molecule has 1 aliphatic heterocycles. The molecule has 0 aliphatic carbocycles. The zero-order valence-electron chi connectivity index (χ0n) is 10.4. The van der Waals surface area contributed by atoms with Crippen molar-refractivity contribution in [3.8, 4) is 0 Å². The second-order valence-corrected chi connectivity index (χ2v) is 3.92. The van der Waals surface area contributed by atoms with E-state index in [9.17, 15) is 0 Å². The van der Waals surface area contributed by atoms with Gasteiger partial charge in [0.1, 0.15) is 5.82 Å². The Kier molecular flexibility index (Phi) is 5.30. The van der Waals surface area contributed by atoms with E-state index in [-0.39, 0.29) is 0 Å². The molecule has 0 aromatic carbocycles. The Bertz CT molecular complexity index is 217. The van der Waals surface area contributed by atoms with E-state index in [0.29, 0.717) is 0 Å². The molecule has 1 aliphatic rings. The zero-order chi connectivity index (χ0) is 11.1. The predicted molar refractivity (Wildman–Crippen MR) is 66.6 cm³/mol. The highest BCUT2D eigenvalue weighted by Crippen LogP contribution is 2.17. The van der Waals surface area contributed by atoms with Crippen LogP contribution < -0.4 is 0 Å². The molecule has 2 heteroatoms. The Morgan fingerprint density at radius 2 is 1.80 bits per heavy atom. The molecule has 0 N–H and O–H groups in total. The Morgan fingerprint density at radius 3 is 2.27 bits per heavy atom. The van der Waals surface area contributed by atoms with Crippen LogP contribution in [-0.4, -0.2) is 36.0 Å². The van der Waals surface area contributed by atoms with Gasteiger partial charge in [-0.25, -0.2) is 0 Å². The molecule has 0 unspecified atom stereocenters. The zero-order valence-corrected chi connectivity index (χ0v) is 10.4. The summed E-state index contributed by atoms with van der Waals surface area (Å²) in [4.78, 5) is 4.94. The highest BCUT2D eigenvalue weighted by atomic mass is 15.3. The Hall–Kier alpha value is -0.920. The average Bonchev–Trinajstić information content (AvgIpc) is 2.77. The quantitative estimate of drug-likeness (QED) is 0.641. The topological polar surface area (TPSA) is 6.48 Å². The van der Waals surface area contributed by atoms with Gasteiger partial charge in [0.25, 0.3) is 0 Å². The van der Waals surface area contributed by atoms with Gasteiger partial charge in [-0.1, -0.05) is 12.2 Å². The smallest absolute Gasteiger partial charge is 0.104 e. The molecule has 1 fully saturated rings. The fourth-order valence-electron chi connectivity index (χ4n) is 2.09. The third-order valence-electron chi connectivity index (χ3n) is 2.96. The van der Waals surface area contributed by atoms with Gasteiger partial charge in [-0.3, -0.25) is 0 Å². The first-order valence-corrected chi connectivity index (χ1v) is 6.16. The lowest BCUT2D eigenvalue weighted by atomic mass is 10.4. The van der Waals surface area contributed by atoms with E-state index in [1.54, 1.807) is 0 Å². The van der Waals surface area contributed by atoms with E-state index >= 15 is 0 Å². The standard InChI is InChI=1S/C13H24N2/c1-4-7-10-13(14(5-2)6-3)15-11-8-9-12-15/h4,7,10H,5-6,8-9,11-12H2,1-3H3/b7-4-,13-10+. The molecule has 15 heavy (non-hydrogen) atoms. The molecule has 0 spiro atoms.